The molecule has 0 atom stereocenters. The zero-order chi connectivity index (χ0) is 13.0. The van der Waals surface area contributed by atoms with Crippen LogP contribution < -0.4 is 0 Å². The fourth-order valence-electron chi connectivity index (χ4n) is 1.38. The summed E-state index contributed by atoms with van der Waals surface area (Å²) in [4.78, 5) is 19.9. The molecule has 0 saturated heterocycles. The number of hydrogen-bond acceptors (Lipinski definition) is 5. The Bertz CT molecular complexity index is 577. The van der Waals surface area contributed by atoms with Gasteiger partial charge in [-0.25, -0.2) is 9.97 Å². The van der Waals surface area contributed by atoms with Gasteiger partial charge in [-0.15, -0.1) is 0 Å². The van der Waals surface area contributed by atoms with Crippen molar-refractivity contribution in [2.24, 2.45) is 0 Å². The summed E-state index contributed by atoms with van der Waals surface area (Å²) < 4.78 is 4.84. The van der Waals surface area contributed by atoms with Crippen molar-refractivity contribution in [1.29, 1.82) is 0 Å². The summed E-state index contributed by atoms with van der Waals surface area (Å²) in [6, 6.07) is 7.45. The molecule has 0 aliphatic heterocycles. The molecule has 0 radical (unpaired) electrons. The number of carbonyl (C=O) groups is 1. The Morgan fingerprint density at radius 2 is 2.00 bits per heavy atom. The zero-order valence-electron chi connectivity index (χ0n) is 9.72. The highest BCUT2D eigenvalue weighted by atomic mass is 35.5. The number of ether oxygens (including phenoxy) is 1. The maximum atomic E-state index is 11.3. The predicted octanol–water partition coefficient (Wildman–Crippen LogP) is 2.94. The van der Waals surface area contributed by atoms with Gasteiger partial charge in [0.25, 0.3) is 0 Å². The smallest absolute Gasteiger partial charge is 0.316 e. The predicted molar refractivity (Wildman–Crippen MR) is 71.9 cm³/mol. The number of nitrogens with zero attached hydrogens (tertiary/aromatic N) is 2. The lowest BCUT2D eigenvalue weighted by atomic mass is 10.3. The van der Waals surface area contributed by atoms with E-state index in [1.807, 2.05) is 24.3 Å². The molecule has 18 heavy (non-hydrogen) atoms. The van der Waals surface area contributed by atoms with E-state index in [0.29, 0.717) is 16.8 Å². The third-order valence-electron chi connectivity index (χ3n) is 2.13. The van der Waals surface area contributed by atoms with Crippen LogP contribution in [0.25, 0.3) is 11.0 Å². The molecule has 2 aromatic rings. The molecular formula is C12H11ClN2O2S. The van der Waals surface area contributed by atoms with Crippen LogP contribution in [0.2, 0.25) is 5.15 Å². The van der Waals surface area contributed by atoms with Gasteiger partial charge in [0, 0.05) is 0 Å². The van der Waals surface area contributed by atoms with Gasteiger partial charge in [0.1, 0.15) is 5.03 Å². The number of para-hydroxylation sites is 2. The first-order valence-corrected chi connectivity index (χ1v) is 6.77. The minimum atomic E-state index is -0.284. The molecule has 0 aliphatic rings. The van der Waals surface area contributed by atoms with Crippen LogP contribution in [0, 0.1) is 0 Å². The first-order chi connectivity index (χ1) is 8.70. The second-order valence-corrected chi connectivity index (χ2v) is 4.72. The van der Waals surface area contributed by atoms with E-state index in [9.17, 15) is 4.79 Å². The summed E-state index contributed by atoms with van der Waals surface area (Å²) >= 11 is 7.25. The average Bonchev–Trinajstić information content (AvgIpc) is 2.36. The van der Waals surface area contributed by atoms with E-state index in [4.69, 9.17) is 16.3 Å². The van der Waals surface area contributed by atoms with Crippen LogP contribution in [0.4, 0.5) is 0 Å². The molecule has 0 saturated carbocycles. The Labute approximate surface area is 114 Å². The molecule has 1 aromatic heterocycles. The Kier molecular flexibility index (Phi) is 4.38. The molecule has 0 fully saturated rings. The number of rotatable bonds is 4. The minimum Gasteiger partial charge on any atom is -0.465 e. The molecule has 0 amide bonds. The van der Waals surface area contributed by atoms with E-state index >= 15 is 0 Å². The second-order valence-electron chi connectivity index (χ2n) is 3.40. The van der Waals surface area contributed by atoms with Crippen molar-refractivity contribution in [3.05, 3.63) is 29.4 Å². The monoisotopic (exact) mass is 282 g/mol. The van der Waals surface area contributed by atoms with E-state index in [-0.39, 0.29) is 11.7 Å². The number of hydrogen-bond donors (Lipinski definition) is 0. The van der Waals surface area contributed by atoms with Gasteiger partial charge in [-0.3, -0.25) is 4.79 Å². The Balaban J connectivity index is 2.17. The van der Waals surface area contributed by atoms with Crippen molar-refractivity contribution in [2.75, 3.05) is 12.4 Å². The lowest BCUT2D eigenvalue weighted by molar-refractivity contribution is -0.139. The Morgan fingerprint density at radius 1 is 1.33 bits per heavy atom. The maximum Gasteiger partial charge on any atom is 0.316 e. The van der Waals surface area contributed by atoms with E-state index in [1.54, 1.807) is 6.92 Å². The molecule has 0 aliphatic carbocycles. The van der Waals surface area contributed by atoms with Gasteiger partial charge < -0.3 is 4.74 Å². The van der Waals surface area contributed by atoms with Crippen LogP contribution in [0.15, 0.2) is 29.3 Å². The van der Waals surface area contributed by atoms with E-state index in [2.05, 4.69) is 9.97 Å². The van der Waals surface area contributed by atoms with Crippen molar-refractivity contribution < 1.29 is 9.53 Å². The normalized spacial score (nSPS) is 10.6. The number of benzene rings is 1. The minimum absolute atomic E-state index is 0.181. The van der Waals surface area contributed by atoms with Crippen molar-refractivity contribution in [3.63, 3.8) is 0 Å². The molecule has 0 N–H and O–H groups in total. The lowest BCUT2D eigenvalue weighted by Gasteiger charge is -2.04. The first kappa shape index (κ1) is 13.1. The van der Waals surface area contributed by atoms with Crippen molar-refractivity contribution >= 4 is 40.4 Å². The number of fused-ring (bicyclic) bond motifs is 1. The third-order valence-corrected chi connectivity index (χ3v) is 3.44. The van der Waals surface area contributed by atoms with Gasteiger partial charge in [0.15, 0.2) is 5.15 Å². The molecule has 0 spiro atoms. The zero-order valence-corrected chi connectivity index (χ0v) is 11.3. The summed E-state index contributed by atoms with van der Waals surface area (Å²) in [6.07, 6.45) is 0. The van der Waals surface area contributed by atoms with Crippen LogP contribution in [-0.2, 0) is 9.53 Å². The molecule has 2 rings (SSSR count). The SMILES string of the molecule is CCOC(=O)CSc1nc2ccccc2nc1Cl. The highest BCUT2D eigenvalue weighted by Gasteiger charge is 2.10. The second kappa shape index (κ2) is 6.02. The maximum absolute atomic E-state index is 11.3. The number of esters is 1. The van der Waals surface area contributed by atoms with Gasteiger partial charge in [-0.05, 0) is 19.1 Å². The standard InChI is InChI=1S/C12H11ClN2O2S/c1-2-17-10(16)7-18-12-11(13)14-8-5-3-4-6-9(8)15-12/h3-6H,2,7H2,1H3. The molecule has 1 aromatic carbocycles. The van der Waals surface area contributed by atoms with Gasteiger partial charge in [-0.2, -0.15) is 0 Å². The summed E-state index contributed by atoms with van der Waals surface area (Å²) in [5.41, 5.74) is 1.50. The number of halogens is 1. The van der Waals surface area contributed by atoms with Crippen LogP contribution in [0.3, 0.4) is 0 Å². The van der Waals surface area contributed by atoms with Crippen molar-refractivity contribution in [3.8, 4) is 0 Å². The van der Waals surface area contributed by atoms with E-state index in [0.717, 1.165) is 11.0 Å². The highest BCUT2D eigenvalue weighted by molar-refractivity contribution is 8.00. The van der Waals surface area contributed by atoms with Crippen molar-refractivity contribution in [1.82, 2.24) is 9.97 Å². The third kappa shape index (κ3) is 3.11. The van der Waals surface area contributed by atoms with Gasteiger partial charge in [-0.1, -0.05) is 35.5 Å². The average molecular weight is 283 g/mol. The molecule has 1 heterocycles. The number of carbonyl (C=O) groups excluding carboxylic acids is 1. The first-order valence-electron chi connectivity index (χ1n) is 5.41. The van der Waals surface area contributed by atoms with E-state index < -0.39 is 0 Å². The summed E-state index contributed by atoms with van der Waals surface area (Å²) in [6.45, 7) is 2.14. The number of aromatic nitrogens is 2. The fourth-order valence-corrected chi connectivity index (χ4v) is 2.35. The van der Waals surface area contributed by atoms with Crippen LogP contribution >= 0.6 is 23.4 Å². The van der Waals surface area contributed by atoms with Gasteiger partial charge in [0.05, 0.1) is 23.4 Å². The molecule has 0 unspecified atom stereocenters. The van der Waals surface area contributed by atoms with Crippen LogP contribution in [-0.4, -0.2) is 28.3 Å². The fraction of sp³-hybridized carbons (Fsp3) is 0.250. The number of thioether (sulfide) groups is 1. The Hall–Kier alpha value is -1.33. The highest BCUT2D eigenvalue weighted by Crippen LogP contribution is 2.25. The van der Waals surface area contributed by atoms with Gasteiger partial charge >= 0.3 is 5.97 Å². The molecular weight excluding hydrogens is 272 g/mol. The molecule has 4 nitrogen and oxygen atoms in total. The quantitative estimate of drug-likeness (QED) is 0.637. The largest absolute Gasteiger partial charge is 0.465 e. The molecule has 0 bridgehead atoms. The summed E-state index contributed by atoms with van der Waals surface area (Å²) in [5, 5.41) is 0.853. The van der Waals surface area contributed by atoms with Gasteiger partial charge in [0.2, 0.25) is 0 Å². The van der Waals surface area contributed by atoms with Crippen molar-refractivity contribution in [2.45, 2.75) is 11.9 Å². The van der Waals surface area contributed by atoms with E-state index in [1.165, 1.54) is 11.8 Å². The summed E-state index contributed by atoms with van der Waals surface area (Å²) in [5.74, 6) is -0.103. The van der Waals surface area contributed by atoms with Crippen LogP contribution in [0.5, 0.6) is 0 Å². The summed E-state index contributed by atoms with van der Waals surface area (Å²) in [7, 11) is 0. The lowest BCUT2D eigenvalue weighted by Crippen LogP contribution is -2.06. The topological polar surface area (TPSA) is 52.1 Å². The molecule has 6 heteroatoms. The van der Waals surface area contributed by atoms with Crippen LogP contribution in [0.1, 0.15) is 6.92 Å². The Morgan fingerprint density at radius 3 is 2.67 bits per heavy atom. The molecule has 94 valence electrons.